The van der Waals surface area contributed by atoms with Crippen LogP contribution in [-0.2, 0) is 0 Å². The number of hydrogen-bond acceptors (Lipinski definition) is 0. The summed E-state index contributed by atoms with van der Waals surface area (Å²) in [5, 5.41) is 0. The minimum atomic E-state index is -3.67. The first-order chi connectivity index (χ1) is 1.73. The molecule has 0 unspecified atom stereocenters. The highest BCUT2D eigenvalue weighted by atomic mass is 19.4. The van der Waals surface area contributed by atoms with Gasteiger partial charge in [0.25, 0.3) is 0 Å². The van der Waals surface area contributed by atoms with Gasteiger partial charge in [0, 0.05) is 0 Å². The van der Waals surface area contributed by atoms with Gasteiger partial charge in [0.15, 0.2) is 0 Å². The lowest BCUT2D eigenvalue weighted by molar-refractivity contribution is 0.535. The van der Waals surface area contributed by atoms with Crippen LogP contribution < -0.4 is 0 Å². The zero-order chi connectivity index (χ0) is 3.58. The van der Waals surface area contributed by atoms with E-state index in [-0.39, 0.29) is 0 Å². The highest BCUT2D eigenvalue weighted by Gasteiger charge is 1.76. The Balaban J connectivity index is 2.32. The predicted octanol–water partition coefficient (Wildman–Crippen LogP) is 0.880. The van der Waals surface area contributed by atoms with E-state index < -0.39 is 7.54 Å². The monoisotopic (exact) mass is 68.0 g/mol. The molecule has 0 saturated carbocycles. The van der Waals surface area contributed by atoms with E-state index in [0.717, 1.165) is 0 Å². The summed E-state index contributed by atoms with van der Waals surface area (Å²) in [4.78, 5) is 0. The Kier molecular flexibility index (Phi) is 1.16. The molecule has 0 aromatic carbocycles. The third kappa shape index (κ3) is 64.4. The Morgan fingerprint density at radius 1 is 1.00 bits per heavy atom. The molecule has 0 aliphatic carbocycles. The fourth-order valence-corrected chi connectivity index (χ4v) is 0. The SMILES string of the molecule is F[B-](F)F. The van der Waals surface area contributed by atoms with Crippen LogP contribution in [0.1, 0.15) is 0 Å². The summed E-state index contributed by atoms with van der Waals surface area (Å²) in [7, 11) is -3.67. The second-order valence-electron chi connectivity index (χ2n) is 0.247. The van der Waals surface area contributed by atoms with Gasteiger partial charge in [-0.15, -0.1) is 0 Å². The van der Waals surface area contributed by atoms with Crippen LogP contribution in [0.2, 0.25) is 0 Å². The Morgan fingerprint density at radius 2 is 1.00 bits per heavy atom. The summed E-state index contributed by atoms with van der Waals surface area (Å²) < 4.78 is 29.0. The zero-order valence-electron chi connectivity index (χ0n) is 1.71. The van der Waals surface area contributed by atoms with E-state index in [4.69, 9.17) is 0 Å². The van der Waals surface area contributed by atoms with Gasteiger partial charge in [-0.3, -0.25) is 0 Å². The Bertz CT molecular complexity index is 8.00. The fourth-order valence-electron chi connectivity index (χ4n) is 0. The van der Waals surface area contributed by atoms with Gasteiger partial charge in [-0.1, -0.05) is 0 Å². The molecule has 0 saturated heterocycles. The molecule has 25 valence electrons. The van der Waals surface area contributed by atoms with E-state index in [1.165, 1.54) is 0 Å². The van der Waals surface area contributed by atoms with Crippen LogP contribution >= 0.6 is 0 Å². The maximum absolute atomic E-state index is 9.67. The standard InChI is InChI=1S/BF3/c2-1(3)4/q-1. The fraction of sp³-hybridized carbons (Fsp3) is 0. The molecule has 0 aliphatic heterocycles. The third-order valence-corrected chi connectivity index (χ3v) is 0. The summed E-state index contributed by atoms with van der Waals surface area (Å²) in [6, 6.07) is 0. The van der Waals surface area contributed by atoms with Gasteiger partial charge >= 0.3 is 7.54 Å². The molecule has 0 nitrogen and oxygen atoms in total. The quantitative estimate of drug-likeness (QED) is 0.369. The smallest absolute Gasteiger partial charge is 0.414 e. The number of halogens is 3. The van der Waals surface area contributed by atoms with Gasteiger partial charge in [0.2, 0.25) is 0 Å². The van der Waals surface area contributed by atoms with Crippen molar-refractivity contribution < 1.29 is 12.9 Å². The van der Waals surface area contributed by atoms with Crippen LogP contribution in [0.4, 0.5) is 12.9 Å². The van der Waals surface area contributed by atoms with Gasteiger partial charge < -0.3 is 12.9 Å². The zero-order valence-corrected chi connectivity index (χ0v) is 1.71. The van der Waals surface area contributed by atoms with Gasteiger partial charge in [0.1, 0.15) is 0 Å². The van der Waals surface area contributed by atoms with Crippen LogP contribution in [0, 0.1) is 0 Å². The summed E-state index contributed by atoms with van der Waals surface area (Å²) in [6.45, 7) is 0. The molecule has 4 heteroatoms. The number of rotatable bonds is 0. The molecule has 0 amide bonds. The van der Waals surface area contributed by atoms with Crippen LogP contribution in [0.15, 0.2) is 0 Å². The molecule has 0 rings (SSSR count). The van der Waals surface area contributed by atoms with Crippen molar-refractivity contribution in [2.75, 3.05) is 0 Å². The topological polar surface area (TPSA) is 0 Å². The highest BCUT2D eigenvalue weighted by molar-refractivity contribution is 6.33. The summed E-state index contributed by atoms with van der Waals surface area (Å²) in [5.41, 5.74) is 0. The first-order valence-corrected chi connectivity index (χ1v) is 0.655. The van der Waals surface area contributed by atoms with E-state index in [0.29, 0.717) is 0 Å². The van der Waals surface area contributed by atoms with Crippen molar-refractivity contribution in [3.63, 3.8) is 0 Å². The van der Waals surface area contributed by atoms with Crippen LogP contribution in [-0.4, -0.2) is 7.54 Å². The normalized spacial score (nSPS) is 9.00. The van der Waals surface area contributed by atoms with E-state index >= 15 is 0 Å². The first kappa shape index (κ1) is 3.85. The Labute approximate surface area is 21.8 Å². The Hall–Kier alpha value is -0.145. The summed E-state index contributed by atoms with van der Waals surface area (Å²) >= 11 is 0. The van der Waals surface area contributed by atoms with Crippen molar-refractivity contribution in [3.8, 4) is 0 Å². The van der Waals surface area contributed by atoms with Crippen molar-refractivity contribution in [1.82, 2.24) is 0 Å². The molecular weight excluding hydrogens is 67.8 g/mol. The van der Waals surface area contributed by atoms with E-state index in [1.807, 2.05) is 0 Å². The molecule has 0 N–H and O–H groups in total. The average molecular weight is 67.8 g/mol. The molecule has 0 aromatic heterocycles. The molecule has 0 heterocycles. The molecule has 4 heavy (non-hydrogen) atoms. The van der Waals surface area contributed by atoms with Crippen molar-refractivity contribution in [3.05, 3.63) is 0 Å². The molecule has 0 spiro atoms. The van der Waals surface area contributed by atoms with Crippen LogP contribution in [0.25, 0.3) is 0 Å². The first-order valence-electron chi connectivity index (χ1n) is 0.655. The highest BCUT2D eigenvalue weighted by Crippen LogP contribution is 1.80. The Morgan fingerprint density at radius 3 is 1.00 bits per heavy atom. The third-order valence-electron chi connectivity index (χ3n) is 0. The van der Waals surface area contributed by atoms with Crippen LogP contribution in [0.5, 0.6) is 0 Å². The maximum atomic E-state index is 9.67. The molecule has 1 radical (unpaired) electrons. The molecule has 0 fully saturated rings. The molecule has 0 atom stereocenters. The summed E-state index contributed by atoms with van der Waals surface area (Å²) in [6.07, 6.45) is 0. The second kappa shape index (κ2) is 1.21. The molecule has 0 bridgehead atoms. The lowest BCUT2D eigenvalue weighted by Crippen LogP contribution is -1.76. The molecule has 0 aromatic rings. The molecular formula is BF3-. The van der Waals surface area contributed by atoms with E-state index in [1.54, 1.807) is 0 Å². The van der Waals surface area contributed by atoms with Crippen molar-refractivity contribution in [2.24, 2.45) is 0 Å². The maximum Gasteiger partial charge on any atom is 0.414 e. The second-order valence-corrected chi connectivity index (χ2v) is 0.247. The predicted molar refractivity (Wildman–Crippen MR) is 9.08 cm³/mol. The lowest BCUT2D eigenvalue weighted by atomic mass is 10.5. The minimum Gasteiger partial charge on any atom is -0.471 e. The van der Waals surface area contributed by atoms with Gasteiger partial charge in [-0.2, -0.15) is 0 Å². The average Bonchev–Trinajstić information content (AvgIpc) is 0.811. The van der Waals surface area contributed by atoms with Gasteiger partial charge in [0.05, 0.1) is 0 Å². The lowest BCUT2D eigenvalue weighted by Gasteiger charge is -1.82. The minimum absolute atomic E-state index is 3.67. The van der Waals surface area contributed by atoms with E-state index in [9.17, 15) is 12.9 Å². The van der Waals surface area contributed by atoms with E-state index in [2.05, 4.69) is 0 Å². The van der Waals surface area contributed by atoms with Crippen molar-refractivity contribution in [2.45, 2.75) is 0 Å². The van der Waals surface area contributed by atoms with Gasteiger partial charge in [-0.25, -0.2) is 0 Å². The van der Waals surface area contributed by atoms with Gasteiger partial charge in [-0.05, 0) is 0 Å². The largest absolute Gasteiger partial charge is 0.471 e. The number of hydrogen-bond donors (Lipinski definition) is 0. The van der Waals surface area contributed by atoms with Crippen molar-refractivity contribution in [1.29, 1.82) is 0 Å². The van der Waals surface area contributed by atoms with Crippen LogP contribution in [0.3, 0.4) is 0 Å². The van der Waals surface area contributed by atoms with Crippen molar-refractivity contribution >= 4 is 7.54 Å². The molecule has 0 aliphatic rings. The summed E-state index contributed by atoms with van der Waals surface area (Å²) in [5.74, 6) is 0.